The molecule has 1 amide bonds. The standard InChI is InChI=1S/C19H29N3O5S2/c1-15-6-7-17(29(26,27)22-9-4-3-5-10-22)12-18(15)20-13-19(23)21(2)16-8-11-28(24,25)14-16/h6-7,12,16,20H,3-5,8-11,13-14H2,1-2H3. The molecule has 1 N–H and O–H groups in total. The summed E-state index contributed by atoms with van der Waals surface area (Å²) in [6.45, 7) is 2.89. The Balaban J connectivity index is 1.68. The fraction of sp³-hybridized carbons (Fsp3) is 0.632. The van der Waals surface area contributed by atoms with Gasteiger partial charge in [0.2, 0.25) is 15.9 Å². The van der Waals surface area contributed by atoms with Gasteiger partial charge in [0.05, 0.1) is 22.9 Å². The summed E-state index contributed by atoms with van der Waals surface area (Å²) >= 11 is 0. The molecule has 2 aliphatic heterocycles. The van der Waals surface area contributed by atoms with E-state index in [4.69, 9.17) is 0 Å². The number of sulfone groups is 1. The van der Waals surface area contributed by atoms with Crippen molar-refractivity contribution in [1.29, 1.82) is 0 Å². The average Bonchev–Trinajstić information content (AvgIpc) is 3.06. The molecule has 2 saturated heterocycles. The molecule has 1 unspecified atom stereocenters. The van der Waals surface area contributed by atoms with Gasteiger partial charge in [0.15, 0.2) is 9.84 Å². The van der Waals surface area contributed by atoms with E-state index in [1.54, 1.807) is 25.2 Å². The van der Waals surface area contributed by atoms with E-state index in [1.165, 1.54) is 9.21 Å². The van der Waals surface area contributed by atoms with Crippen LogP contribution in [-0.2, 0) is 24.7 Å². The number of rotatable bonds is 6. The molecule has 0 saturated carbocycles. The molecule has 0 radical (unpaired) electrons. The van der Waals surface area contributed by atoms with Crippen molar-refractivity contribution in [2.24, 2.45) is 0 Å². The zero-order chi connectivity index (χ0) is 21.2. The Bertz CT molecular complexity index is 970. The molecule has 1 aromatic rings. The molecule has 0 aromatic heterocycles. The molecule has 162 valence electrons. The first-order valence-electron chi connectivity index (χ1n) is 9.91. The predicted molar refractivity (Wildman–Crippen MR) is 112 cm³/mol. The van der Waals surface area contributed by atoms with Gasteiger partial charge in [-0.25, -0.2) is 16.8 Å². The van der Waals surface area contributed by atoms with Gasteiger partial charge in [-0.15, -0.1) is 0 Å². The molecule has 29 heavy (non-hydrogen) atoms. The SMILES string of the molecule is Cc1ccc(S(=O)(=O)N2CCCCC2)cc1NCC(=O)N(C)C1CCS(=O)(=O)C1. The molecular weight excluding hydrogens is 414 g/mol. The first kappa shape index (κ1) is 22.0. The number of piperidine rings is 1. The molecular formula is C19H29N3O5S2. The third-order valence-corrected chi connectivity index (χ3v) is 9.39. The van der Waals surface area contributed by atoms with Crippen LogP contribution in [-0.4, -0.2) is 76.2 Å². The van der Waals surface area contributed by atoms with E-state index in [0.29, 0.717) is 25.2 Å². The van der Waals surface area contributed by atoms with Crippen LogP contribution in [0.5, 0.6) is 0 Å². The monoisotopic (exact) mass is 443 g/mol. The Hall–Kier alpha value is -1.65. The molecule has 3 rings (SSSR count). The fourth-order valence-electron chi connectivity index (χ4n) is 3.79. The Morgan fingerprint density at radius 1 is 1.24 bits per heavy atom. The maximum absolute atomic E-state index is 12.9. The number of benzene rings is 1. The van der Waals surface area contributed by atoms with Crippen LogP contribution in [0.15, 0.2) is 23.1 Å². The number of likely N-dealkylation sites (N-methyl/N-ethyl adjacent to an activating group) is 1. The van der Waals surface area contributed by atoms with Crippen molar-refractivity contribution in [1.82, 2.24) is 9.21 Å². The summed E-state index contributed by atoms with van der Waals surface area (Å²) in [5, 5.41) is 3.03. The summed E-state index contributed by atoms with van der Waals surface area (Å²) in [5.41, 5.74) is 1.42. The topological polar surface area (TPSA) is 104 Å². The lowest BCUT2D eigenvalue weighted by molar-refractivity contribution is -0.129. The van der Waals surface area contributed by atoms with Crippen LogP contribution < -0.4 is 5.32 Å². The largest absolute Gasteiger partial charge is 0.376 e. The molecule has 10 heteroatoms. The number of amides is 1. The van der Waals surface area contributed by atoms with E-state index in [-0.39, 0.29) is 34.9 Å². The van der Waals surface area contributed by atoms with Gasteiger partial charge >= 0.3 is 0 Å². The summed E-state index contributed by atoms with van der Waals surface area (Å²) in [4.78, 5) is 14.2. The number of nitrogens with one attached hydrogen (secondary N) is 1. The van der Waals surface area contributed by atoms with Gasteiger partial charge in [0.25, 0.3) is 0 Å². The highest BCUT2D eigenvalue weighted by Crippen LogP contribution is 2.25. The molecule has 0 aliphatic carbocycles. The fourth-order valence-corrected chi connectivity index (χ4v) is 7.10. The van der Waals surface area contributed by atoms with Crippen LogP contribution in [0.2, 0.25) is 0 Å². The van der Waals surface area contributed by atoms with Crippen molar-refractivity contribution < 1.29 is 21.6 Å². The molecule has 1 atom stereocenters. The van der Waals surface area contributed by atoms with Crippen LogP contribution in [0.3, 0.4) is 0 Å². The second kappa shape index (κ2) is 8.61. The number of carbonyl (C=O) groups excluding carboxylic acids is 1. The van der Waals surface area contributed by atoms with Crippen LogP contribution in [0, 0.1) is 6.92 Å². The van der Waals surface area contributed by atoms with Gasteiger partial charge in [-0.05, 0) is 43.9 Å². The van der Waals surface area contributed by atoms with Crippen molar-refractivity contribution >= 4 is 31.5 Å². The van der Waals surface area contributed by atoms with E-state index < -0.39 is 19.9 Å². The number of nitrogens with zero attached hydrogens (tertiary/aromatic N) is 2. The third-order valence-electron chi connectivity index (χ3n) is 5.74. The van der Waals surface area contributed by atoms with Crippen molar-refractivity contribution in [2.45, 2.75) is 43.5 Å². The minimum absolute atomic E-state index is 0.00215. The summed E-state index contributed by atoms with van der Waals surface area (Å²) in [5.74, 6) is -0.119. The minimum Gasteiger partial charge on any atom is -0.376 e. The van der Waals surface area contributed by atoms with E-state index in [1.807, 2.05) is 6.92 Å². The molecule has 2 heterocycles. The van der Waals surface area contributed by atoms with Crippen LogP contribution >= 0.6 is 0 Å². The van der Waals surface area contributed by atoms with Crippen LogP contribution in [0.25, 0.3) is 0 Å². The van der Waals surface area contributed by atoms with Gasteiger partial charge in [-0.1, -0.05) is 12.5 Å². The summed E-state index contributed by atoms with van der Waals surface area (Å²) in [6, 6.07) is 4.60. The number of hydrogen-bond acceptors (Lipinski definition) is 6. The highest BCUT2D eigenvalue weighted by Gasteiger charge is 2.32. The molecule has 8 nitrogen and oxygen atoms in total. The molecule has 2 fully saturated rings. The molecule has 2 aliphatic rings. The second-order valence-electron chi connectivity index (χ2n) is 7.86. The highest BCUT2D eigenvalue weighted by molar-refractivity contribution is 7.91. The molecule has 1 aromatic carbocycles. The van der Waals surface area contributed by atoms with Crippen LogP contribution in [0.4, 0.5) is 5.69 Å². The van der Waals surface area contributed by atoms with E-state index in [9.17, 15) is 21.6 Å². The number of hydrogen-bond donors (Lipinski definition) is 1. The zero-order valence-electron chi connectivity index (χ0n) is 16.9. The quantitative estimate of drug-likeness (QED) is 0.709. The van der Waals surface area contributed by atoms with Gasteiger partial charge in [0, 0.05) is 31.9 Å². The Morgan fingerprint density at radius 2 is 1.93 bits per heavy atom. The zero-order valence-corrected chi connectivity index (χ0v) is 18.6. The number of aryl methyl sites for hydroxylation is 1. The lowest BCUT2D eigenvalue weighted by atomic mass is 10.2. The minimum atomic E-state index is -3.55. The normalized spacial score (nSPS) is 22.3. The van der Waals surface area contributed by atoms with E-state index in [2.05, 4.69) is 5.32 Å². The number of anilines is 1. The Kier molecular flexibility index (Phi) is 6.54. The van der Waals surface area contributed by atoms with Crippen LogP contribution in [0.1, 0.15) is 31.2 Å². The number of carbonyl (C=O) groups is 1. The Morgan fingerprint density at radius 3 is 2.55 bits per heavy atom. The molecule has 0 spiro atoms. The Labute approximate surface area is 173 Å². The molecule has 0 bridgehead atoms. The summed E-state index contributed by atoms with van der Waals surface area (Å²) in [7, 11) is -5.01. The first-order chi connectivity index (χ1) is 13.6. The van der Waals surface area contributed by atoms with Gasteiger partial charge in [0.1, 0.15) is 0 Å². The average molecular weight is 444 g/mol. The lowest BCUT2D eigenvalue weighted by Crippen LogP contribution is -2.41. The van der Waals surface area contributed by atoms with Gasteiger partial charge in [-0.3, -0.25) is 4.79 Å². The summed E-state index contributed by atoms with van der Waals surface area (Å²) in [6.07, 6.45) is 3.24. The van der Waals surface area contributed by atoms with Gasteiger partial charge < -0.3 is 10.2 Å². The maximum Gasteiger partial charge on any atom is 0.243 e. The van der Waals surface area contributed by atoms with E-state index >= 15 is 0 Å². The summed E-state index contributed by atoms with van der Waals surface area (Å²) < 4.78 is 50.6. The number of sulfonamides is 1. The van der Waals surface area contributed by atoms with Crippen molar-refractivity contribution in [3.05, 3.63) is 23.8 Å². The second-order valence-corrected chi connectivity index (χ2v) is 12.0. The van der Waals surface area contributed by atoms with Crippen molar-refractivity contribution in [3.8, 4) is 0 Å². The lowest BCUT2D eigenvalue weighted by Gasteiger charge is -2.26. The smallest absolute Gasteiger partial charge is 0.243 e. The van der Waals surface area contributed by atoms with E-state index in [0.717, 1.165) is 24.8 Å². The predicted octanol–water partition coefficient (Wildman–Crippen LogP) is 1.23. The van der Waals surface area contributed by atoms with Crippen molar-refractivity contribution in [2.75, 3.05) is 43.5 Å². The highest BCUT2D eigenvalue weighted by atomic mass is 32.2. The van der Waals surface area contributed by atoms with Crippen molar-refractivity contribution in [3.63, 3.8) is 0 Å². The third kappa shape index (κ3) is 5.10. The maximum atomic E-state index is 12.9. The van der Waals surface area contributed by atoms with Gasteiger partial charge in [-0.2, -0.15) is 4.31 Å². The first-order valence-corrected chi connectivity index (χ1v) is 13.2.